The van der Waals surface area contributed by atoms with Crippen LogP contribution in [0.3, 0.4) is 0 Å². The number of nitrogens with zero attached hydrogens (tertiary/aromatic N) is 5. The van der Waals surface area contributed by atoms with Crippen molar-refractivity contribution < 1.29 is 0 Å². The Hall–Kier alpha value is -3.78. The van der Waals surface area contributed by atoms with Crippen LogP contribution in [0.25, 0.3) is 33.9 Å². The van der Waals surface area contributed by atoms with Gasteiger partial charge < -0.3 is 5.73 Å². The molecular formula is C22H19ClN6O2. The number of nitrogen functional groups attached to an aromatic ring is 1. The maximum absolute atomic E-state index is 13.0. The van der Waals surface area contributed by atoms with E-state index in [0.29, 0.717) is 27.7 Å². The lowest BCUT2D eigenvalue weighted by atomic mass is 10.1. The predicted molar refractivity (Wildman–Crippen MR) is 122 cm³/mol. The Balaban J connectivity index is 1.96. The minimum absolute atomic E-state index is 0.319. The second-order valence-electron chi connectivity index (χ2n) is 7.56. The van der Waals surface area contributed by atoms with Crippen molar-refractivity contribution in [3.63, 3.8) is 0 Å². The van der Waals surface area contributed by atoms with Gasteiger partial charge >= 0.3 is 5.69 Å². The van der Waals surface area contributed by atoms with Crippen molar-refractivity contribution >= 4 is 34.2 Å². The quantitative estimate of drug-likeness (QED) is 0.432. The average molecular weight is 435 g/mol. The number of nitrogens with two attached hydrogens (primary N) is 1. The van der Waals surface area contributed by atoms with Crippen molar-refractivity contribution in [2.45, 2.75) is 6.92 Å². The monoisotopic (exact) mass is 434 g/mol. The fourth-order valence-corrected chi connectivity index (χ4v) is 3.94. The zero-order chi connectivity index (χ0) is 22.0. The highest BCUT2D eigenvalue weighted by Crippen LogP contribution is 2.30. The van der Waals surface area contributed by atoms with Crippen molar-refractivity contribution in [3.05, 3.63) is 80.1 Å². The van der Waals surface area contributed by atoms with Crippen LogP contribution in [0.2, 0.25) is 5.02 Å². The molecule has 0 radical (unpaired) electrons. The summed E-state index contributed by atoms with van der Waals surface area (Å²) in [6.07, 6.45) is 1.84. The second-order valence-corrected chi connectivity index (χ2v) is 7.99. The number of fused-ring (bicyclic) bond motifs is 3. The Morgan fingerprint density at radius 1 is 1.00 bits per heavy atom. The van der Waals surface area contributed by atoms with Crippen LogP contribution < -0.4 is 17.0 Å². The number of aryl methyl sites for hydroxylation is 2. The molecule has 31 heavy (non-hydrogen) atoms. The van der Waals surface area contributed by atoms with Gasteiger partial charge in [-0.1, -0.05) is 29.8 Å². The van der Waals surface area contributed by atoms with E-state index >= 15 is 0 Å². The fourth-order valence-electron chi connectivity index (χ4n) is 3.82. The number of hydrogen-bond donors (Lipinski definition) is 1. The first kappa shape index (κ1) is 19.2. The number of hydrogen-bond acceptors (Lipinski definition) is 4. The highest BCUT2D eigenvalue weighted by Gasteiger charge is 2.22. The van der Waals surface area contributed by atoms with E-state index in [2.05, 4.69) is 4.98 Å². The SMILES string of the molecule is Cc1ccc(-n2c(-c3ccc(Cl)cc3)cn3c4c(=O)n(C)c(=O)n(C)c4nc23)cc1N. The van der Waals surface area contributed by atoms with Crippen LogP contribution in [0.15, 0.2) is 58.3 Å². The van der Waals surface area contributed by atoms with E-state index in [4.69, 9.17) is 17.3 Å². The molecule has 0 aliphatic heterocycles. The smallest absolute Gasteiger partial charge is 0.332 e. The summed E-state index contributed by atoms with van der Waals surface area (Å²) in [5.74, 6) is 0.501. The van der Waals surface area contributed by atoms with Gasteiger partial charge in [-0.15, -0.1) is 0 Å². The molecule has 2 N–H and O–H groups in total. The second kappa shape index (κ2) is 6.61. The minimum Gasteiger partial charge on any atom is -0.398 e. The van der Waals surface area contributed by atoms with Gasteiger partial charge in [-0.3, -0.25) is 22.9 Å². The molecule has 0 saturated carbocycles. The summed E-state index contributed by atoms with van der Waals surface area (Å²) in [4.78, 5) is 30.0. The lowest BCUT2D eigenvalue weighted by Gasteiger charge is -2.11. The normalized spacial score (nSPS) is 11.6. The summed E-state index contributed by atoms with van der Waals surface area (Å²) >= 11 is 6.08. The Bertz CT molecular complexity index is 1620. The van der Waals surface area contributed by atoms with E-state index < -0.39 is 11.2 Å². The van der Waals surface area contributed by atoms with Gasteiger partial charge in [-0.25, -0.2) is 4.79 Å². The Kier molecular flexibility index (Phi) is 4.10. The maximum atomic E-state index is 13.0. The van der Waals surface area contributed by atoms with Gasteiger partial charge in [-0.2, -0.15) is 4.98 Å². The number of benzene rings is 2. The van der Waals surface area contributed by atoms with Crippen molar-refractivity contribution in [3.8, 4) is 16.9 Å². The van der Waals surface area contributed by atoms with Gasteiger partial charge in [0.25, 0.3) is 5.56 Å². The van der Waals surface area contributed by atoms with E-state index in [9.17, 15) is 9.59 Å². The minimum atomic E-state index is -0.428. The van der Waals surface area contributed by atoms with Crippen LogP contribution in [0.5, 0.6) is 0 Å². The molecule has 0 saturated heterocycles. The molecule has 156 valence electrons. The Labute approximate surface area is 181 Å². The first-order valence-electron chi connectivity index (χ1n) is 9.60. The largest absolute Gasteiger partial charge is 0.398 e. The van der Waals surface area contributed by atoms with Gasteiger partial charge in [0.05, 0.1) is 11.4 Å². The van der Waals surface area contributed by atoms with Crippen molar-refractivity contribution in [1.82, 2.24) is 23.1 Å². The summed E-state index contributed by atoms with van der Waals surface area (Å²) in [6.45, 7) is 1.94. The van der Waals surface area contributed by atoms with E-state index in [1.165, 1.54) is 11.6 Å². The molecule has 0 amide bonds. The molecule has 9 heteroatoms. The Morgan fingerprint density at radius 3 is 2.39 bits per heavy atom. The highest BCUT2D eigenvalue weighted by molar-refractivity contribution is 6.30. The molecule has 5 aromatic rings. The van der Waals surface area contributed by atoms with Gasteiger partial charge in [0, 0.05) is 36.6 Å². The highest BCUT2D eigenvalue weighted by atomic mass is 35.5. The van der Waals surface area contributed by atoms with Gasteiger partial charge in [0.1, 0.15) is 0 Å². The molecule has 3 aromatic heterocycles. The first-order valence-corrected chi connectivity index (χ1v) is 9.97. The molecule has 8 nitrogen and oxygen atoms in total. The zero-order valence-electron chi connectivity index (χ0n) is 17.1. The van der Waals surface area contributed by atoms with E-state index in [0.717, 1.165) is 27.1 Å². The van der Waals surface area contributed by atoms with E-state index in [1.807, 2.05) is 48.0 Å². The number of rotatable bonds is 2. The number of halogens is 1. The molecule has 0 aliphatic rings. The van der Waals surface area contributed by atoms with Gasteiger partial charge in [0.2, 0.25) is 5.78 Å². The molecule has 0 fully saturated rings. The average Bonchev–Trinajstić information content (AvgIpc) is 3.29. The lowest BCUT2D eigenvalue weighted by Crippen LogP contribution is -2.37. The number of anilines is 1. The van der Waals surface area contributed by atoms with Gasteiger partial charge in [0.15, 0.2) is 11.2 Å². The summed E-state index contributed by atoms with van der Waals surface area (Å²) in [5.41, 5.74) is 10.1. The van der Waals surface area contributed by atoms with E-state index in [1.54, 1.807) is 23.6 Å². The first-order chi connectivity index (χ1) is 14.8. The third kappa shape index (κ3) is 2.72. The lowest BCUT2D eigenvalue weighted by molar-refractivity contribution is 0.708. The molecule has 0 spiro atoms. The van der Waals surface area contributed by atoms with Crippen LogP contribution in [-0.2, 0) is 14.1 Å². The molecule has 0 unspecified atom stereocenters. The molecule has 5 rings (SSSR count). The van der Waals surface area contributed by atoms with Crippen molar-refractivity contribution in [2.75, 3.05) is 5.73 Å². The van der Waals surface area contributed by atoms with Crippen molar-refractivity contribution in [2.24, 2.45) is 14.1 Å². The van der Waals surface area contributed by atoms with Crippen molar-refractivity contribution in [1.29, 1.82) is 0 Å². The summed E-state index contributed by atoms with van der Waals surface area (Å²) in [6, 6.07) is 13.2. The summed E-state index contributed by atoms with van der Waals surface area (Å²) in [7, 11) is 3.06. The van der Waals surface area contributed by atoms with E-state index in [-0.39, 0.29) is 0 Å². The van der Waals surface area contributed by atoms with Crippen LogP contribution >= 0.6 is 11.6 Å². The molecule has 0 atom stereocenters. The van der Waals surface area contributed by atoms with Crippen LogP contribution in [0, 0.1) is 6.92 Å². The van der Waals surface area contributed by atoms with Gasteiger partial charge in [-0.05, 0) is 36.8 Å². The number of imidazole rings is 2. The predicted octanol–water partition coefficient (Wildman–Crippen LogP) is 2.89. The van der Waals surface area contributed by atoms with Crippen LogP contribution in [-0.4, -0.2) is 23.1 Å². The fraction of sp³-hybridized carbons (Fsp3) is 0.136. The molecule has 3 heterocycles. The molecule has 0 bridgehead atoms. The van der Waals surface area contributed by atoms with Crippen LogP contribution in [0.1, 0.15) is 5.56 Å². The zero-order valence-corrected chi connectivity index (χ0v) is 17.9. The third-order valence-corrected chi connectivity index (χ3v) is 5.88. The summed E-state index contributed by atoms with van der Waals surface area (Å²) in [5, 5.41) is 0.625. The summed E-state index contributed by atoms with van der Waals surface area (Å²) < 4.78 is 6.10. The Morgan fingerprint density at radius 2 is 1.71 bits per heavy atom. The topological polar surface area (TPSA) is 92.2 Å². The molecule has 0 aliphatic carbocycles. The number of aromatic nitrogens is 5. The standard InChI is InChI=1S/C22H19ClN6O2/c1-12-4-9-15(10-16(12)24)29-17(13-5-7-14(23)8-6-13)11-28-18-19(25-21(28)29)26(2)22(31)27(3)20(18)30/h4-11H,24H2,1-3H3. The molecular weight excluding hydrogens is 416 g/mol. The third-order valence-electron chi connectivity index (χ3n) is 5.63. The maximum Gasteiger partial charge on any atom is 0.332 e. The van der Waals surface area contributed by atoms with Crippen LogP contribution in [0.4, 0.5) is 5.69 Å². The molecule has 2 aromatic carbocycles.